The Morgan fingerprint density at radius 3 is 2.80 bits per heavy atom. The monoisotopic (exact) mass is 281 g/mol. The van der Waals surface area contributed by atoms with Gasteiger partial charge in [0.25, 0.3) is 0 Å². The molecule has 1 saturated heterocycles. The van der Waals surface area contributed by atoms with Gasteiger partial charge in [0.05, 0.1) is 12.0 Å². The molecule has 5 nitrogen and oxygen atoms in total. The predicted octanol–water partition coefficient (Wildman–Crippen LogP) is 1.40. The summed E-state index contributed by atoms with van der Waals surface area (Å²) < 4.78 is 11.5. The molecular weight excluding hydrogens is 258 g/mol. The number of rotatable bonds is 4. The summed E-state index contributed by atoms with van der Waals surface area (Å²) in [6.07, 6.45) is 5.44. The number of carbonyl (C=O) groups is 2. The molecule has 1 aliphatic heterocycles. The Morgan fingerprint density at radius 2 is 2.20 bits per heavy atom. The molecule has 0 bridgehead atoms. The molecule has 1 amide bonds. The first-order chi connectivity index (χ1) is 9.65. The number of piperidine rings is 1. The van der Waals surface area contributed by atoms with Gasteiger partial charge in [-0.05, 0) is 26.2 Å². The molecule has 20 heavy (non-hydrogen) atoms. The van der Waals surface area contributed by atoms with Gasteiger partial charge in [0, 0.05) is 31.4 Å². The van der Waals surface area contributed by atoms with Crippen molar-refractivity contribution >= 4 is 11.9 Å². The number of hydrogen-bond acceptors (Lipinski definition) is 4. The molecule has 2 aliphatic carbocycles. The minimum absolute atomic E-state index is 0.00490. The Bertz CT molecular complexity index is 405. The molecule has 0 unspecified atom stereocenters. The molecule has 0 aromatic rings. The minimum atomic E-state index is -0.257. The molecule has 1 heterocycles. The summed E-state index contributed by atoms with van der Waals surface area (Å²) in [5, 5.41) is 2.74. The van der Waals surface area contributed by atoms with Gasteiger partial charge in [-0.2, -0.15) is 0 Å². The van der Waals surface area contributed by atoms with E-state index in [0.717, 1.165) is 25.9 Å². The Kier molecular flexibility index (Phi) is 3.71. The number of ether oxygens (including phenoxy) is 2. The zero-order valence-corrected chi connectivity index (χ0v) is 12.0. The molecule has 3 rings (SSSR count). The number of hydrogen-bond donors (Lipinski definition) is 1. The lowest BCUT2D eigenvalue weighted by atomic mass is 9.52. The molecule has 1 N–H and O–H groups in total. The van der Waals surface area contributed by atoms with E-state index in [-0.39, 0.29) is 41.8 Å². The maximum atomic E-state index is 12.2. The van der Waals surface area contributed by atoms with Crippen LogP contribution in [0.15, 0.2) is 0 Å². The SMILES string of the molecule is CCO[C@@H]1C[C@@H](OC(=O)[C@@H]2CCNC(=O)C2)C12CCC2. The van der Waals surface area contributed by atoms with Crippen molar-refractivity contribution in [1.29, 1.82) is 0 Å². The van der Waals surface area contributed by atoms with Gasteiger partial charge in [0.1, 0.15) is 6.10 Å². The van der Waals surface area contributed by atoms with Crippen molar-refractivity contribution in [2.45, 2.75) is 57.7 Å². The van der Waals surface area contributed by atoms with Crippen LogP contribution < -0.4 is 5.32 Å². The van der Waals surface area contributed by atoms with Crippen LogP contribution in [0.2, 0.25) is 0 Å². The van der Waals surface area contributed by atoms with Crippen LogP contribution >= 0.6 is 0 Å². The minimum Gasteiger partial charge on any atom is -0.461 e. The standard InChI is InChI=1S/C15H23NO4/c1-2-19-11-9-12(15(11)5-3-6-15)20-14(18)10-4-7-16-13(17)8-10/h10-12H,2-9H2,1H3,(H,16,17)/t10-,11-,12-/m1/s1. The Hall–Kier alpha value is -1.10. The highest BCUT2D eigenvalue weighted by molar-refractivity contribution is 5.84. The molecule has 2 saturated carbocycles. The van der Waals surface area contributed by atoms with Crippen molar-refractivity contribution in [2.24, 2.45) is 11.3 Å². The van der Waals surface area contributed by atoms with Crippen LogP contribution in [0, 0.1) is 11.3 Å². The first kappa shape index (κ1) is 13.9. The van der Waals surface area contributed by atoms with Gasteiger partial charge in [-0.3, -0.25) is 9.59 Å². The second-order valence-electron chi connectivity index (χ2n) is 6.23. The third-order valence-corrected chi connectivity index (χ3v) is 5.20. The van der Waals surface area contributed by atoms with E-state index in [9.17, 15) is 9.59 Å². The van der Waals surface area contributed by atoms with Crippen molar-refractivity contribution in [2.75, 3.05) is 13.2 Å². The highest BCUT2D eigenvalue weighted by Crippen LogP contribution is 2.58. The molecule has 0 radical (unpaired) electrons. The van der Waals surface area contributed by atoms with Gasteiger partial charge in [-0.15, -0.1) is 0 Å². The van der Waals surface area contributed by atoms with E-state index in [2.05, 4.69) is 5.32 Å². The predicted molar refractivity (Wildman–Crippen MR) is 71.9 cm³/mol. The molecule has 0 aromatic heterocycles. The van der Waals surface area contributed by atoms with Crippen molar-refractivity contribution in [1.82, 2.24) is 5.32 Å². The second-order valence-corrected chi connectivity index (χ2v) is 6.23. The molecule has 5 heteroatoms. The quantitative estimate of drug-likeness (QED) is 0.791. The molecule has 3 aliphatic rings. The van der Waals surface area contributed by atoms with Crippen molar-refractivity contribution in [3.05, 3.63) is 0 Å². The van der Waals surface area contributed by atoms with Crippen LogP contribution in [0.3, 0.4) is 0 Å². The largest absolute Gasteiger partial charge is 0.461 e. The molecular formula is C15H23NO4. The van der Waals surface area contributed by atoms with E-state index in [1.807, 2.05) is 6.92 Å². The number of amides is 1. The first-order valence-corrected chi connectivity index (χ1v) is 7.74. The van der Waals surface area contributed by atoms with Gasteiger partial charge in [0.2, 0.25) is 5.91 Å². The normalized spacial score (nSPS) is 34.9. The van der Waals surface area contributed by atoms with E-state index < -0.39 is 0 Å². The van der Waals surface area contributed by atoms with E-state index in [1.165, 1.54) is 6.42 Å². The number of carbonyl (C=O) groups excluding carboxylic acids is 2. The van der Waals surface area contributed by atoms with Crippen molar-refractivity contribution in [3.63, 3.8) is 0 Å². The summed E-state index contributed by atoms with van der Waals surface area (Å²) in [5.74, 6) is -0.490. The summed E-state index contributed by atoms with van der Waals surface area (Å²) in [7, 11) is 0. The van der Waals surface area contributed by atoms with Gasteiger partial charge in [-0.25, -0.2) is 0 Å². The fourth-order valence-electron chi connectivity index (χ4n) is 3.76. The summed E-state index contributed by atoms with van der Waals surface area (Å²) >= 11 is 0. The van der Waals surface area contributed by atoms with Gasteiger partial charge in [-0.1, -0.05) is 6.42 Å². The summed E-state index contributed by atoms with van der Waals surface area (Å²) in [6.45, 7) is 3.30. The lowest BCUT2D eigenvalue weighted by Crippen LogP contribution is -2.63. The lowest BCUT2D eigenvalue weighted by Gasteiger charge is -2.59. The fraction of sp³-hybridized carbons (Fsp3) is 0.867. The van der Waals surface area contributed by atoms with Crippen LogP contribution in [-0.2, 0) is 19.1 Å². The third kappa shape index (κ3) is 2.22. The fourth-order valence-corrected chi connectivity index (χ4v) is 3.76. The Labute approximate surface area is 119 Å². The topological polar surface area (TPSA) is 64.6 Å². The van der Waals surface area contributed by atoms with Crippen LogP contribution in [0.25, 0.3) is 0 Å². The number of nitrogens with one attached hydrogen (secondary N) is 1. The van der Waals surface area contributed by atoms with Crippen LogP contribution in [0.4, 0.5) is 0 Å². The maximum Gasteiger partial charge on any atom is 0.309 e. The zero-order valence-electron chi connectivity index (χ0n) is 12.0. The first-order valence-electron chi connectivity index (χ1n) is 7.74. The molecule has 3 atom stereocenters. The van der Waals surface area contributed by atoms with Crippen LogP contribution in [0.5, 0.6) is 0 Å². The Morgan fingerprint density at radius 1 is 1.40 bits per heavy atom. The molecule has 0 aromatic carbocycles. The average molecular weight is 281 g/mol. The molecule has 112 valence electrons. The van der Waals surface area contributed by atoms with Crippen molar-refractivity contribution in [3.8, 4) is 0 Å². The van der Waals surface area contributed by atoms with Crippen LogP contribution in [-0.4, -0.2) is 37.2 Å². The van der Waals surface area contributed by atoms with E-state index in [0.29, 0.717) is 13.0 Å². The molecule has 3 fully saturated rings. The van der Waals surface area contributed by atoms with Crippen LogP contribution in [0.1, 0.15) is 45.4 Å². The van der Waals surface area contributed by atoms with Crippen molar-refractivity contribution < 1.29 is 19.1 Å². The van der Waals surface area contributed by atoms with Gasteiger partial charge in [0.15, 0.2) is 0 Å². The summed E-state index contributed by atoms with van der Waals surface area (Å²) in [5.41, 5.74) is 0.0859. The van der Waals surface area contributed by atoms with E-state index in [1.54, 1.807) is 0 Å². The highest BCUT2D eigenvalue weighted by atomic mass is 16.6. The third-order valence-electron chi connectivity index (χ3n) is 5.20. The zero-order chi connectivity index (χ0) is 14.2. The Balaban J connectivity index is 1.56. The van der Waals surface area contributed by atoms with Gasteiger partial charge >= 0.3 is 5.97 Å². The summed E-state index contributed by atoms with van der Waals surface area (Å²) in [6, 6.07) is 0. The van der Waals surface area contributed by atoms with Gasteiger partial charge < -0.3 is 14.8 Å². The number of esters is 1. The average Bonchev–Trinajstić information content (AvgIpc) is 2.35. The maximum absolute atomic E-state index is 12.2. The molecule has 1 spiro atoms. The summed E-state index contributed by atoms with van der Waals surface area (Å²) in [4.78, 5) is 23.5. The van der Waals surface area contributed by atoms with E-state index in [4.69, 9.17) is 9.47 Å². The highest BCUT2D eigenvalue weighted by Gasteiger charge is 2.61. The smallest absolute Gasteiger partial charge is 0.309 e. The lowest BCUT2D eigenvalue weighted by molar-refractivity contribution is -0.241. The van der Waals surface area contributed by atoms with E-state index >= 15 is 0 Å². The second kappa shape index (κ2) is 5.35.